The maximum atomic E-state index is 13.8. The van der Waals surface area contributed by atoms with Gasteiger partial charge < -0.3 is 15.1 Å². The van der Waals surface area contributed by atoms with Crippen LogP contribution in [-0.2, 0) is 4.79 Å². The van der Waals surface area contributed by atoms with Crippen LogP contribution in [0.3, 0.4) is 0 Å². The molecule has 0 radical (unpaired) electrons. The van der Waals surface area contributed by atoms with E-state index in [1.807, 2.05) is 30.3 Å². The summed E-state index contributed by atoms with van der Waals surface area (Å²) >= 11 is 1.65. The first kappa shape index (κ1) is 22.6. The molecule has 5 rings (SSSR count). The largest absolute Gasteiger partial charge is 0.354 e. The van der Waals surface area contributed by atoms with E-state index in [1.54, 1.807) is 11.3 Å². The first-order chi connectivity index (χ1) is 16.1. The molecule has 2 amide bonds. The predicted octanol–water partition coefficient (Wildman–Crippen LogP) is 3.34. The average molecular weight is 467 g/mol. The number of carbonyl (C=O) groups is 2. The van der Waals surface area contributed by atoms with Gasteiger partial charge in [0, 0.05) is 55.8 Å². The Hall–Kier alpha value is -2.22. The van der Waals surface area contributed by atoms with Crippen LogP contribution >= 0.6 is 11.3 Å². The van der Waals surface area contributed by atoms with Crippen molar-refractivity contribution >= 4 is 23.2 Å². The van der Waals surface area contributed by atoms with Crippen molar-refractivity contribution in [2.75, 3.05) is 46.3 Å². The lowest BCUT2D eigenvalue weighted by atomic mass is 9.80. The summed E-state index contributed by atoms with van der Waals surface area (Å²) in [5, 5.41) is 5.29. The number of amides is 2. The highest BCUT2D eigenvalue weighted by Crippen LogP contribution is 2.47. The summed E-state index contributed by atoms with van der Waals surface area (Å²) in [6.45, 7) is 5.73. The van der Waals surface area contributed by atoms with Crippen molar-refractivity contribution in [3.63, 3.8) is 0 Å². The van der Waals surface area contributed by atoms with Crippen molar-refractivity contribution in [2.45, 2.75) is 43.7 Å². The third-order valence-electron chi connectivity index (χ3n) is 7.53. The lowest BCUT2D eigenvalue weighted by Crippen LogP contribution is -2.51. The summed E-state index contributed by atoms with van der Waals surface area (Å²) in [4.78, 5) is 35.4. The Morgan fingerprint density at radius 3 is 2.55 bits per heavy atom. The molecule has 0 spiro atoms. The van der Waals surface area contributed by atoms with E-state index < -0.39 is 0 Å². The zero-order valence-electron chi connectivity index (χ0n) is 19.4. The van der Waals surface area contributed by atoms with Gasteiger partial charge in [-0.05, 0) is 43.0 Å². The third kappa shape index (κ3) is 4.59. The van der Waals surface area contributed by atoms with E-state index in [-0.39, 0.29) is 29.8 Å². The maximum absolute atomic E-state index is 13.8. The van der Waals surface area contributed by atoms with Crippen LogP contribution in [0.2, 0.25) is 0 Å². The van der Waals surface area contributed by atoms with Crippen LogP contribution in [0.25, 0.3) is 0 Å². The Kier molecular flexibility index (Phi) is 6.81. The smallest absolute Gasteiger partial charge is 0.254 e. The van der Waals surface area contributed by atoms with E-state index in [0.717, 1.165) is 68.8 Å². The van der Waals surface area contributed by atoms with Gasteiger partial charge in [-0.3, -0.25) is 14.5 Å². The van der Waals surface area contributed by atoms with Gasteiger partial charge in [-0.15, -0.1) is 11.3 Å². The van der Waals surface area contributed by atoms with Gasteiger partial charge in [-0.1, -0.05) is 37.1 Å². The highest BCUT2D eigenvalue weighted by molar-refractivity contribution is 7.10. The van der Waals surface area contributed by atoms with E-state index in [4.69, 9.17) is 0 Å². The number of hydrogen-bond acceptors (Lipinski definition) is 5. The lowest BCUT2D eigenvalue weighted by molar-refractivity contribution is -0.124. The number of fused-ring (bicyclic) bond motifs is 1. The Morgan fingerprint density at radius 2 is 1.82 bits per heavy atom. The van der Waals surface area contributed by atoms with Crippen LogP contribution in [0.15, 0.2) is 41.8 Å². The van der Waals surface area contributed by atoms with Crippen LogP contribution in [0.5, 0.6) is 0 Å². The number of carbonyl (C=O) groups excluding carboxylic acids is 2. The summed E-state index contributed by atoms with van der Waals surface area (Å²) in [5.41, 5.74) is 1.56. The fraction of sp³-hybridized carbons (Fsp3) is 0.538. The molecule has 1 aromatic heterocycles. The number of likely N-dealkylation sites (N-methyl/N-ethyl adjacent to an activating group) is 1. The average Bonchev–Trinajstić information content (AvgIpc) is 3.55. The second-order valence-electron chi connectivity index (χ2n) is 9.61. The Bertz CT molecular complexity index is 964. The molecule has 3 heterocycles. The van der Waals surface area contributed by atoms with Crippen molar-refractivity contribution in [1.29, 1.82) is 0 Å². The van der Waals surface area contributed by atoms with Crippen LogP contribution in [0, 0.1) is 0 Å². The highest BCUT2D eigenvalue weighted by Gasteiger charge is 2.47. The van der Waals surface area contributed by atoms with Crippen molar-refractivity contribution in [1.82, 2.24) is 20.0 Å². The molecule has 1 aliphatic carbocycles. The Balaban J connectivity index is 1.42. The van der Waals surface area contributed by atoms with Gasteiger partial charge >= 0.3 is 0 Å². The first-order valence-electron chi connectivity index (χ1n) is 12.3. The fourth-order valence-electron chi connectivity index (χ4n) is 5.70. The normalized spacial score (nSPS) is 24.8. The molecule has 2 atom stereocenters. The standard InChI is InChI=1S/C26H34N4O2S/c1-28-14-16-29(17-15-28)13-12-27-25(31)23-20-9-4-5-10-21(20)26(32)30(19-7-2-3-8-19)24(23)22-11-6-18-33-22/h4-6,9-11,18-19,23-24H,2-3,7-8,12-17H2,1H3,(H,27,31). The minimum Gasteiger partial charge on any atom is -0.354 e. The molecule has 33 heavy (non-hydrogen) atoms. The van der Waals surface area contributed by atoms with Crippen LogP contribution in [0.1, 0.15) is 58.4 Å². The molecule has 176 valence electrons. The molecule has 2 unspecified atom stereocenters. The summed E-state index contributed by atoms with van der Waals surface area (Å²) in [7, 11) is 2.15. The van der Waals surface area contributed by atoms with E-state index >= 15 is 0 Å². The first-order valence-corrected chi connectivity index (χ1v) is 13.1. The van der Waals surface area contributed by atoms with Gasteiger partial charge in [-0.25, -0.2) is 0 Å². The topological polar surface area (TPSA) is 55.9 Å². The minimum absolute atomic E-state index is 0.0328. The monoisotopic (exact) mass is 466 g/mol. The van der Waals surface area contributed by atoms with Crippen LogP contribution in [0.4, 0.5) is 0 Å². The molecule has 2 aliphatic heterocycles. The molecule has 7 heteroatoms. The van der Waals surface area contributed by atoms with E-state index in [2.05, 4.69) is 38.5 Å². The number of benzene rings is 1. The van der Waals surface area contributed by atoms with Crippen LogP contribution < -0.4 is 5.32 Å². The Labute approximate surface area is 200 Å². The molecule has 6 nitrogen and oxygen atoms in total. The number of piperazine rings is 1. The maximum Gasteiger partial charge on any atom is 0.254 e. The third-order valence-corrected chi connectivity index (χ3v) is 8.48. The molecule has 1 saturated carbocycles. The second kappa shape index (κ2) is 9.95. The SMILES string of the molecule is CN1CCN(CCNC(=O)C2c3ccccc3C(=O)N(C3CCCC3)C2c2cccs2)CC1. The van der Waals surface area contributed by atoms with Crippen molar-refractivity contribution in [2.24, 2.45) is 0 Å². The van der Waals surface area contributed by atoms with Crippen LogP contribution in [-0.4, -0.2) is 78.9 Å². The van der Waals surface area contributed by atoms with Gasteiger partial charge in [-0.2, -0.15) is 0 Å². The summed E-state index contributed by atoms with van der Waals surface area (Å²) in [6, 6.07) is 11.8. The van der Waals surface area contributed by atoms with Gasteiger partial charge in [0.05, 0.1) is 12.0 Å². The zero-order valence-corrected chi connectivity index (χ0v) is 20.2. The van der Waals surface area contributed by atoms with Gasteiger partial charge in [0.1, 0.15) is 0 Å². The van der Waals surface area contributed by atoms with Gasteiger partial charge in [0.15, 0.2) is 0 Å². The van der Waals surface area contributed by atoms with Crippen molar-refractivity contribution in [3.05, 3.63) is 57.8 Å². The number of hydrogen-bond donors (Lipinski definition) is 1. The summed E-state index contributed by atoms with van der Waals surface area (Å²) < 4.78 is 0. The summed E-state index contributed by atoms with van der Waals surface area (Å²) in [6.07, 6.45) is 4.34. The summed E-state index contributed by atoms with van der Waals surface area (Å²) in [5.74, 6) is -0.270. The Morgan fingerprint density at radius 1 is 1.06 bits per heavy atom. The van der Waals surface area contributed by atoms with E-state index in [0.29, 0.717) is 12.1 Å². The lowest BCUT2D eigenvalue weighted by Gasteiger charge is -2.44. The minimum atomic E-state index is -0.384. The van der Waals surface area contributed by atoms with Gasteiger partial charge in [0.25, 0.3) is 5.91 Å². The molecule has 2 aromatic rings. The number of thiophene rings is 1. The molecule has 1 aromatic carbocycles. The molecule has 1 saturated heterocycles. The highest BCUT2D eigenvalue weighted by atomic mass is 32.1. The van der Waals surface area contributed by atoms with E-state index in [1.165, 1.54) is 0 Å². The number of nitrogens with one attached hydrogen (secondary N) is 1. The quantitative estimate of drug-likeness (QED) is 0.710. The van der Waals surface area contributed by atoms with Gasteiger partial charge in [0.2, 0.25) is 5.91 Å². The second-order valence-corrected chi connectivity index (χ2v) is 10.6. The zero-order chi connectivity index (χ0) is 22.8. The molecule has 0 bridgehead atoms. The fourth-order valence-corrected chi connectivity index (χ4v) is 6.56. The molecule has 1 N–H and O–H groups in total. The van der Waals surface area contributed by atoms with Crippen molar-refractivity contribution in [3.8, 4) is 0 Å². The number of nitrogens with zero attached hydrogens (tertiary/aromatic N) is 3. The molecular formula is C26H34N4O2S. The predicted molar refractivity (Wildman–Crippen MR) is 132 cm³/mol. The number of rotatable bonds is 6. The molecule has 3 aliphatic rings. The van der Waals surface area contributed by atoms with E-state index in [9.17, 15) is 9.59 Å². The van der Waals surface area contributed by atoms with Crippen molar-refractivity contribution < 1.29 is 9.59 Å². The molecule has 2 fully saturated rings. The molecular weight excluding hydrogens is 432 g/mol.